The Hall–Kier alpha value is -2.37. The lowest BCUT2D eigenvalue weighted by Crippen LogP contribution is -2.46. The summed E-state index contributed by atoms with van der Waals surface area (Å²) in [5.74, 6) is -0.483. The zero-order valence-corrected chi connectivity index (χ0v) is 13.9. The van der Waals surface area contributed by atoms with E-state index in [1.54, 1.807) is 36.1 Å². The van der Waals surface area contributed by atoms with E-state index >= 15 is 0 Å². The average Bonchev–Trinajstić information content (AvgIpc) is 2.85. The molecule has 1 fully saturated rings. The van der Waals surface area contributed by atoms with E-state index in [0.29, 0.717) is 37.2 Å². The van der Waals surface area contributed by atoms with Crippen LogP contribution < -0.4 is 0 Å². The van der Waals surface area contributed by atoms with Crippen LogP contribution in [0.5, 0.6) is 0 Å². The Morgan fingerprint density at radius 1 is 1.17 bits per heavy atom. The van der Waals surface area contributed by atoms with Crippen molar-refractivity contribution in [1.82, 2.24) is 9.80 Å². The van der Waals surface area contributed by atoms with Crippen molar-refractivity contribution < 1.29 is 19.1 Å². The Morgan fingerprint density at radius 3 is 2.46 bits per heavy atom. The quantitative estimate of drug-likeness (QED) is 0.796. The molecular weight excluding hydrogens is 308 g/mol. The maximum atomic E-state index is 12.4. The zero-order chi connectivity index (χ0) is 17.1. The summed E-state index contributed by atoms with van der Waals surface area (Å²) >= 11 is 0. The first kappa shape index (κ1) is 16.5. The van der Waals surface area contributed by atoms with Crippen LogP contribution in [-0.4, -0.2) is 53.4 Å². The molecule has 3 rings (SSSR count). The van der Waals surface area contributed by atoms with Gasteiger partial charge in [-0.1, -0.05) is 12.1 Å². The summed E-state index contributed by atoms with van der Waals surface area (Å²) in [6, 6.07) is 6.90. The van der Waals surface area contributed by atoms with E-state index in [-0.39, 0.29) is 23.9 Å². The predicted molar refractivity (Wildman–Crippen MR) is 87.8 cm³/mol. The third-order valence-electron chi connectivity index (χ3n) is 4.69. The number of likely N-dealkylation sites (tertiary alicyclic amines) is 1. The van der Waals surface area contributed by atoms with E-state index in [4.69, 9.17) is 4.74 Å². The maximum absolute atomic E-state index is 12.4. The summed E-state index contributed by atoms with van der Waals surface area (Å²) < 4.78 is 5.12. The van der Waals surface area contributed by atoms with Gasteiger partial charge in [0.25, 0.3) is 11.8 Å². The molecule has 1 unspecified atom stereocenters. The summed E-state index contributed by atoms with van der Waals surface area (Å²) in [7, 11) is 0. The number of piperidine rings is 1. The van der Waals surface area contributed by atoms with Gasteiger partial charge in [-0.05, 0) is 44.7 Å². The van der Waals surface area contributed by atoms with Gasteiger partial charge >= 0.3 is 6.09 Å². The molecule has 128 valence electrons. The number of ether oxygens (including phenoxy) is 1. The van der Waals surface area contributed by atoms with Crippen LogP contribution in [0.3, 0.4) is 0 Å². The second-order valence-electron chi connectivity index (χ2n) is 6.14. The highest BCUT2D eigenvalue weighted by atomic mass is 16.6. The lowest BCUT2D eigenvalue weighted by Gasteiger charge is -2.35. The SMILES string of the molecule is CCOC(=O)N1CCCCC1CCN1C(=O)c2ccccc2C1=O. The van der Waals surface area contributed by atoms with Crippen LogP contribution in [0.2, 0.25) is 0 Å². The molecule has 0 N–H and O–H groups in total. The molecule has 2 aliphatic heterocycles. The topological polar surface area (TPSA) is 66.9 Å². The van der Waals surface area contributed by atoms with Gasteiger partial charge in [-0.3, -0.25) is 14.5 Å². The molecule has 1 saturated heterocycles. The summed E-state index contributed by atoms with van der Waals surface area (Å²) in [5.41, 5.74) is 0.932. The number of fused-ring (bicyclic) bond motifs is 1. The number of imide groups is 1. The predicted octanol–water partition coefficient (Wildman–Crippen LogP) is 2.68. The first-order chi connectivity index (χ1) is 11.6. The normalized spacial score (nSPS) is 20.3. The molecule has 2 heterocycles. The first-order valence-corrected chi connectivity index (χ1v) is 8.52. The van der Waals surface area contributed by atoms with Gasteiger partial charge in [0.05, 0.1) is 17.7 Å². The van der Waals surface area contributed by atoms with Crippen molar-refractivity contribution in [3.05, 3.63) is 35.4 Å². The van der Waals surface area contributed by atoms with E-state index in [2.05, 4.69) is 0 Å². The largest absolute Gasteiger partial charge is 0.450 e. The molecule has 6 nitrogen and oxygen atoms in total. The second-order valence-corrected chi connectivity index (χ2v) is 6.14. The van der Waals surface area contributed by atoms with Gasteiger partial charge in [-0.2, -0.15) is 0 Å². The van der Waals surface area contributed by atoms with Crippen molar-refractivity contribution >= 4 is 17.9 Å². The summed E-state index contributed by atoms with van der Waals surface area (Å²) in [5, 5.41) is 0. The number of carbonyl (C=O) groups is 3. The molecule has 1 aromatic carbocycles. The average molecular weight is 330 g/mol. The van der Waals surface area contributed by atoms with E-state index in [9.17, 15) is 14.4 Å². The van der Waals surface area contributed by atoms with Crippen LogP contribution in [0, 0.1) is 0 Å². The monoisotopic (exact) mass is 330 g/mol. The molecule has 24 heavy (non-hydrogen) atoms. The molecule has 0 spiro atoms. The van der Waals surface area contributed by atoms with E-state index in [0.717, 1.165) is 19.3 Å². The van der Waals surface area contributed by atoms with Gasteiger partial charge in [0, 0.05) is 19.1 Å². The van der Waals surface area contributed by atoms with Crippen LogP contribution >= 0.6 is 0 Å². The highest BCUT2D eigenvalue weighted by Crippen LogP contribution is 2.25. The van der Waals surface area contributed by atoms with Crippen molar-refractivity contribution in [3.8, 4) is 0 Å². The summed E-state index contributed by atoms with van der Waals surface area (Å²) in [4.78, 5) is 39.9. The van der Waals surface area contributed by atoms with Crippen molar-refractivity contribution in [2.24, 2.45) is 0 Å². The minimum absolute atomic E-state index is 0.0158. The smallest absolute Gasteiger partial charge is 0.409 e. The highest BCUT2D eigenvalue weighted by molar-refractivity contribution is 6.21. The van der Waals surface area contributed by atoms with Crippen LogP contribution in [0.4, 0.5) is 4.79 Å². The second kappa shape index (κ2) is 7.03. The van der Waals surface area contributed by atoms with E-state index in [1.807, 2.05) is 0 Å². The number of rotatable bonds is 4. The summed E-state index contributed by atoms with van der Waals surface area (Å²) in [6.07, 6.45) is 3.17. The molecule has 1 aromatic rings. The van der Waals surface area contributed by atoms with Gasteiger partial charge in [-0.15, -0.1) is 0 Å². The fourth-order valence-corrected chi connectivity index (χ4v) is 3.47. The molecule has 6 heteroatoms. The van der Waals surface area contributed by atoms with Crippen molar-refractivity contribution in [3.63, 3.8) is 0 Å². The third-order valence-corrected chi connectivity index (χ3v) is 4.69. The number of amides is 3. The molecule has 3 amide bonds. The number of nitrogens with zero attached hydrogens (tertiary/aromatic N) is 2. The Bertz CT molecular complexity index is 623. The fourth-order valence-electron chi connectivity index (χ4n) is 3.47. The Balaban J connectivity index is 1.66. The van der Waals surface area contributed by atoms with Crippen LogP contribution in [-0.2, 0) is 4.74 Å². The van der Waals surface area contributed by atoms with E-state index in [1.165, 1.54) is 4.90 Å². The molecule has 0 radical (unpaired) electrons. The van der Waals surface area contributed by atoms with Crippen molar-refractivity contribution in [2.45, 2.75) is 38.6 Å². The third kappa shape index (κ3) is 3.00. The number of hydrogen-bond acceptors (Lipinski definition) is 4. The van der Waals surface area contributed by atoms with Crippen LogP contribution in [0.1, 0.15) is 53.3 Å². The number of benzene rings is 1. The number of hydrogen-bond donors (Lipinski definition) is 0. The van der Waals surface area contributed by atoms with Gasteiger partial charge < -0.3 is 9.64 Å². The van der Waals surface area contributed by atoms with Crippen molar-refractivity contribution in [1.29, 1.82) is 0 Å². The van der Waals surface area contributed by atoms with Crippen LogP contribution in [0.25, 0.3) is 0 Å². The highest BCUT2D eigenvalue weighted by Gasteiger charge is 2.36. The Kier molecular flexibility index (Phi) is 4.83. The standard InChI is InChI=1S/C18H22N2O4/c1-2-24-18(23)19-11-6-5-7-13(19)10-12-20-16(21)14-8-3-4-9-15(14)17(20)22/h3-4,8-9,13H,2,5-7,10-12H2,1H3. The van der Waals surface area contributed by atoms with Gasteiger partial charge in [-0.25, -0.2) is 4.79 Å². The molecule has 0 saturated carbocycles. The van der Waals surface area contributed by atoms with Crippen LogP contribution in [0.15, 0.2) is 24.3 Å². The minimum Gasteiger partial charge on any atom is -0.450 e. The minimum atomic E-state index is -0.301. The fraction of sp³-hybridized carbons (Fsp3) is 0.500. The van der Waals surface area contributed by atoms with Crippen molar-refractivity contribution in [2.75, 3.05) is 19.7 Å². The van der Waals surface area contributed by atoms with E-state index < -0.39 is 0 Å². The lowest BCUT2D eigenvalue weighted by atomic mass is 9.99. The van der Waals surface area contributed by atoms with Gasteiger partial charge in [0.1, 0.15) is 0 Å². The summed E-state index contributed by atoms with van der Waals surface area (Å²) in [6.45, 7) is 3.13. The van der Waals surface area contributed by atoms with Gasteiger partial charge in [0.2, 0.25) is 0 Å². The number of carbonyl (C=O) groups excluding carboxylic acids is 3. The molecule has 2 aliphatic rings. The molecule has 0 aromatic heterocycles. The molecule has 1 atom stereocenters. The zero-order valence-electron chi connectivity index (χ0n) is 13.9. The lowest BCUT2D eigenvalue weighted by molar-refractivity contribution is 0.0591. The Labute approximate surface area is 141 Å². The first-order valence-electron chi connectivity index (χ1n) is 8.52. The molecular formula is C18H22N2O4. The maximum Gasteiger partial charge on any atom is 0.409 e. The molecule has 0 aliphatic carbocycles. The Morgan fingerprint density at radius 2 is 1.83 bits per heavy atom. The van der Waals surface area contributed by atoms with Gasteiger partial charge in [0.15, 0.2) is 0 Å². The molecule has 0 bridgehead atoms.